The highest BCUT2D eigenvalue weighted by atomic mass is 19.1. The highest BCUT2D eigenvalue weighted by Crippen LogP contribution is 2.42. The van der Waals surface area contributed by atoms with Gasteiger partial charge in [0.1, 0.15) is 11.6 Å². The summed E-state index contributed by atoms with van der Waals surface area (Å²) in [6.45, 7) is 4.62. The van der Waals surface area contributed by atoms with Crippen LogP contribution in [-0.2, 0) is 0 Å². The Morgan fingerprint density at radius 2 is 1.46 bits per heavy atom. The summed E-state index contributed by atoms with van der Waals surface area (Å²) in [5.74, 6) is 4.17. The Morgan fingerprint density at radius 1 is 0.885 bits per heavy atom. The third kappa shape index (κ3) is 5.86. The molecule has 0 spiro atoms. The molecule has 2 heteroatoms. The van der Waals surface area contributed by atoms with Crippen molar-refractivity contribution in [1.29, 1.82) is 0 Å². The first-order valence-electron chi connectivity index (χ1n) is 10.7. The fourth-order valence-electron chi connectivity index (χ4n) is 5.07. The molecule has 0 bridgehead atoms. The molecule has 2 aliphatic carbocycles. The van der Waals surface area contributed by atoms with E-state index in [0.717, 1.165) is 30.1 Å². The van der Waals surface area contributed by atoms with E-state index in [2.05, 4.69) is 12.7 Å². The zero-order chi connectivity index (χ0) is 18.2. The fraction of sp³-hybridized carbons (Fsp3) is 0.667. The number of allylic oxidation sites excluding steroid dienone is 1. The highest BCUT2D eigenvalue weighted by Gasteiger charge is 2.30. The first-order valence-corrected chi connectivity index (χ1v) is 10.7. The number of halogens is 1. The van der Waals surface area contributed by atoms with Crippen LogP contribution >= 0.6 is 0 Å². The van der Waals surface area contributed by atoms with Crippen molar-refractivity contribution >= 4 is 0 Å². The van der Waals surface area contributed by atoms with E-state index in [1.807, 2.05) is 0 Å². The third-order valence-electron chi connectivity index (χ3n) is 6.77. The molecule has 0 radical (unpaired) electrons. The van der Waals surface area contributed by atoms with Crippen LogP contribution in [0.1, 0.15) is 70.6 Å². The second-order valence-corrected chi connectivity index (χ2v) is 8.55. The molecule has 0 atom stereocenters. The highest BCUT2D eigenvalue weighted by molar-refractivity contribution is 5.22. The van der Waals surface area contributed by atoms with Crippen LogP contribution in [0.2, 0.25) is 0 Å². The Kier molecular flexibility index (Phi) is 7.58. The molecule has 2 aliphatic rings. The summed E-state index contributed by atoms with van der Waals surface area (Å²) in [5, 5.41) is 0. The van der Waals surface area contributed by atoms with Gasteiger partial charge in [-0.1, -0.05) is 25.3 Å². The molecule has 0 heterocycles. The van der Waals surface area contributed by atoms with Crippen molar-refractivity contribution in [2.45, 2.75) is 70.6 Å². The van der Waals surface area contributed by atoms with Gasteiger partial charge in [0.15, 0.2) is 0 Å². The van der Waals surface area contributed by atoms with Crippen LogP contribution in [0.15, 0.2) is 36.9 Å². The minimum atomic E-state index is -0.201. The van der Waals surface area contributed by atoms with Gasteiger partial charge >= 0.3 is 0 Å². The Labute approximate surface area is 159 Å². The average molecular weight is 359 g/mol. The van der Waals surface area contributed by atoms with Crippen LogP contribution in [0.3, 0.4) is 0 Å². The van der Waals surface area contributed by atoms with Gasteiger partial charge in [0.25, 0.3) is 0 Å². The van der Waals surface area contributed by atoms with Crippen LogP contribution in [0.4, 0.5) is 4.39 Å². The van der Waals surface area contributed by atoms with E-state index in [-0.39, 0.29) is 5.82 Å². The fourth-order valence-corrected chi connectivity index (χ4v) is 5.07. The van der Waals surface area contributed by atoms with Crippen LogP contribution in [0.25, 0.3) is 0 Å². The van der Waals surface area contributed by atoms with Crippen molar-refractivity contribution in [3.05, 3.63) is 42.7 Å². The molecule has 144 valence electrons. The van der Waals surface area contributed by atoms with Gasteiger partial charge in [-0.25, -0.2) is 4.39 Å². The minimum Gasteiger partial charge on any atom is -0.493 e. The summed E-state index contributed by atoms with van der Waals surface area (Å²) < 4.78 is 18.8. The van der Waals surface area contributed by atoms with Gasteiger partial charge in [-0.3, -0.25) is 0 Å². The van der Waals surface area contributed by atoms with Gasteiger partial charge in [-0.05, 0) is 99.3 Å². The lowest BCUT2D eigenvalue weighted by atomic mass is 9.69. The largest absolute Gasteiger partial charge is 0.493 e. The lowest BCUT2D eigenvalue weighted by molar-refractivity contribution is 0.121. The SMILES string of the molecule is C=CCCC[C@H]1CC[C@H]([C@H]2CC[C@H](COc3ccc(F)cc3)CC2)CC1. The second-order valence-electron chi connectivity index (χ2n) is 8.55. The zero-order valence-corrected chi connectivity index (χ0v) is 16.2. The summed E-state index contributed by atoms with van der Waals surface area (Å²) in [6.07, 6.45) is 17.2. The minimum absolute atomic E-state index is 0.201. The van der Waals surface area contributed by atoms with Crippen molar-refractivity contribution < 1.29 is 9.13 Å². The Bertz CT molecular complexity index is 522. The zero-order valence-electron chi connectivity index (χ0n) is 16.2. The van der Waals surface area contributed by atoms with Crippen molar-refractivity contribution in [3.63, 3.8) is 0 Å². The second kappa shape index (κ2) is 10.1. The monoisotopic (exact) mass is 358 g/mol. The van der Waals surface area contributed by atoms with Gasteiger partial charge in [-0.2, -0.15) is 0 Å². The number of unbranched alkanes of at least 4 members (excludes halogenated alkanes) is 1. The molecular weight excluding hydrogens is 323 g/mol. The van der Waals surface area contributed by atoms with Crippen LogP contribution in [0, 0.1) is 29.5 Å². The molecule has 26 heavy (non-hydrogen) atoms. The Morgan fingerprint density at radius 3 is 2.04 bits per heavy atom. The maximum Gasteiger partial charge on any atom is 0.123 e. The molecule has 0 unspecified atom stereocenters. The van der Waals surface area contributed by atoms with E-state index in [9.17, 15) is 4.39 Å². The number of rotatable bonds is 8. The third-order valence-corrected chi connectivity index (χ3v) is 6.77. The van der Waals surface area contributed by atoms with E-state index in [4.69, 9.17) is 4.74 Å². The first kappa shape index (κ1) is 19.5. The van der Waals surface area contributed by atoms with E-state index in [0.29, 0.717) is 5.92 Å². The van der Waals surface area contributed by atoms with Crippen LogP contribution in [0.5, 0.6) is 5.75 Å². The standard InChI is InChI=1S/C24H35FO/c1-2-3-4-5-19-6-10-21(11-7-19)22-12-8-20(9-13-22)18-26-24-16-14-23(25)15-17-24/h2,14-17,19-22H,1,3-13,18H2/t19-,20-,21-,22-. The summed E-state index contributed by atoms with van der Waals surface area (Å²) in [6, 6.07) is 6.41. The summed E-state index contributed by atoms with van der Waals surface area (Å²) in [4.78, 5) is 0. The summed E-state index contributed by atoms with van der Waals surface area (Å²) in [7, 11) is 0. The molecule has 0 aromatic heterocycles. The molecule has 0 saturated heterocycles. The van der Waals surface area contributed by atoms with Crippen LogP contribution in [-0.4, -0.2) is 6.61 Å². The van der Waals surface area contributed by atoms with E-state index in [1.165, 1.54) is 82.8 Å². The topological polar surface area (TPSA) is 9.23 Å². The van der Waals surface area contributed by atoms with Gasteiger partial charge in [0.2, 0.25) is 0 Å². The Balaban J connectivity index is 1.32. The smallest absolute Gasteiger partial charge is 0.123 e. The molecule has 1 aromatic carbocycles. The van der Waals surface area contributed by atoms with Gasteiger partial charge < -0.3 is 4.74 Å². The lowest BCUT2D eigenvalue weighted by Gasteiger charge is -2.37. The predicted octanol–water partition coefficient (Wildman–Crippen LogP) is 7.17. The number of hydrogen-bond donors (Lipinski definition) is 0. The molecule has 1 aromatic rings. The van der Waals surface area contributed by atoms with Crippen molar-refractivity contribution in [3.8, 4) is 5.75 Å². The summed E-state index contributed by atoms with van der Waals surface area (Å²) >= 11 is 0. The molecule has 1 nitrogen and oxygen atoms in total. The van der Waals surface area contributed by atoms with Crippen molar-refractivity contribution in [2.75, 3.05) is 6.61 Å². The van der Waals surface area contributed by atoms with E-state index < -0.39 is 0 Å². The Hall–Kier alpha value is -1.31. The molecule has 0 aliphatic heterocycles. The summed E-state index contributed by atoms with van der Waals surface area (Å²) in [5.41, 5.74) is 0. The predicted molar refractivity (Wildman–Crippen MR) is 107 cm³/mol. The molecular formula is C24H35FO. The molecule has 3 rings (SSSR count). The number of ether oxygens (including phenoxy) is 1. The van der Waals surface area contributed by atoms with Gasteiger partial charge in [0.05, 0.1) is 6.61 Å². The molecule has 0 amide bonds. The quantitative estimate of drug-likeness (QED) is 0.353. The lowest BCUT2D eigenvalue weighted by Crippen LogP contribution is -2.27. The van der Waals surface area contributed by atoms with Gasteiger partial charge in [0, 0.05) is 0 Å². The molecule has 2 fully saturated rings. The van der Waals surface area contributed by atoms with Crippen molar-refractivity contribution in [2.24, 2.45) is 23.7 Å². The van der Waals surface area contributed by atoms with Crippen LogP contribution < -0.4 is 4.74 Å². The number of benzene rings is 1. The normalized spacial score (nSPS) is 29.3. The maximum atomic E-state index is 12.9. The molecule has 0 N–H and O–H groups in total. The van der Waals surface area contributed by atoms with E-state index in [1.54, 1.807) is 12.1 Å². The average Bonchev–Trinajstić information content (AvgIpc) is 2.69. The maximum absolute atomic E-state index is 12.9. The van der Waals surface area contributed by atoms with Crippen molar-refractivity contribution in [1.82, 2.24) is 0 Å². The van der Waals surface area contributed by atoms with E-state index >= 15 is 0 Å². The first-order chi connectivity index (χ1) is 12.7. The van der Waals surface area contributed by atoms with Gasteiger partial charge in [-0.15, -0.1) is 6.58 Å². The number of hydrogen-bond acceptors (Lipinski definition) is 1. The molecule has 2 saturated carbocycles.